The van der Waals surface area contributed by atoms with E-state index in [2.05, 4.69) is 9.97 Å². The molecule has 1 amide bonds. The molecule has 0 saturated heterocycles. The Balaban J connectivity index is 1.41. The lowest BCUT2D eigenvalue weighted by molar-refractivity contribution is -0.127. The van der Waals surface area contributed by atoms with E-state index in [0.29, 0.717) is 34.8 Å². The Morgan fingerprint density at radius 2 is 1.76 bits per heavy atom. The van der Waals surface area contributed by atoms with Gasteiger partial charge in [0, 0.05) is 12.6 Å². The Hall–Kier alpha value is -4.39. The van der Waals surface area contributed by atoms with Crippen molar-refractivity contribution >= 4 is 22.9 Å². The summed E-state index contributed by atoms with van der Waals surface area (Å²) in [6.45, 7) is 0.740. The maximum Gasteiger partial charge on any atom is 0.258 e. The van der Waals surface area contributed by atoms with Gasteiger partial charge in [-0.25, -0.2) is 4.98 Å². The summed E-state index contributed by atoms with van der Waals surface area (Å²) in [5.41, 5.74) is 2.17. The maximum atomic E-state index is 13.2. The fourth-order valence-electron chi connectivity index (χ4n) is 3.70. The van der Waals surface area contributed by atoms with Gasteiger partial charge in [0.25, 0.3) is 5.56 Å². The number of nitrogens with zero attached hydrogens (tertiary/aromatic N) is 2. The van der Waals surface area contributed by atoms with Crippen molar-refractivity contribution in [3.8, 4) is 11.5 Å². The van der Waals surface area contributed by atoms with Crippen LogP contribution in [0.2, 0.25) is 0 Å². The number of hydrogen-bond donors (Lipinski definition) is 1. The molecule has 0 saturated carbocycles. The number of carbonyl (C=O) groups is 1. The summed E-state index contributed by atoms with van der Waals surface area (Å²) in [5.74, 6) is 1.57. The van der Waals surface area contributed by atoms with Crippen molar-refractivity contribution in [2.24, 2.45) is 0 Å². The van der Waals surface area contributed by atoms with Crippen molar-refractivity contribution < 1.29 is 14.3 Å². The van der Waals surface area contributed by atoms with Crippen molar-refractivity contribution in [2.75, 3.05) is 6.79 Å². The van der Waals surface area contributed by atoms with E-state index in [9.17, 15) is 9.59 Å². The quantitative estimate of drug-likeness (QED) is 0.461. The number of H-pyrrole nitrogens is 1. The Kier molecular flexibility index (Phi) is 5.59. The lowest BCUT2D eigenvalue weighted by Gasteiger charge is -2.21. The predicted molar refractivity (Wildman–Crippen MR) is 125 cm³/mol. The third-order valence-corrected chi connectivity index (χ3v) is 5.35. The van der Waals surface area contributed by atoms with E-state index in [1.54, 1.807) is 29.2 Å². The van der Waals surface area contributed by atoms with Gasteiger partial charge < -0.3 is 19.4 Å². The van der Waals surface area contributed by atoms with E-state index in [1.807, 2.05) is 54.6 Å². The predicted octanol–water partition coefficient (Wildman–Crippen LogP) is 3.89. The average Bonchev–Trinajstić information content (AvgIpc) is 3.31. The molecule has 7 heteroatoms. The van der Waals surface area contributed by atoms with E-state index < -0.39 is 0 Å². The number of carbonyl (C=O) groups excluding carboxylic acids is 1. The second-order valence-corrected chi connectivity index (χ2v) is 7.66. The van der Waals surface area contributed by atoms with Gasteiger partial charge in [-0.15, -0.1) is 0 Å². The monoisotopic (exact) mass is 439 g/mol. The molecule has 0 spiro atoms. The standard InChI is InChI=1S/C26H21N3O4/c30-25(13-11-18-10-12-22-23(14-18)33-17-32-22)29(15-19-6-2-1-3-7-19)16-24-27-21-9-5-4-8-20(21)26(31)28-24/h1-14H,15-17H2,(H,27,28,31)/b13-11+. The molecule has 0 fully saturated rings. The molecule has 164 valence electrons. The molecule has 1 aliphatic rings. The van der Waals surface area contributed by atoms with Crippen LogP contribution in [0.25, 0.3) is 17.0 Å². The minimum atomic E-state index is -0.224. The number of benzene rings is 3. The van der Waals surface area contributed by atoms with Crippen molar-refractivity contribution in [1.82, 2.24) is 14.9 Å². The zero-order valence-electron chi connectivity index (χ0n) is 17.7. The van der Waals surface area contributed by atoms with Crippen LogP contribution in [0.3, 0.4) is 0 Å². The third kappa shape index (κ3) is 4.62. The normalized spacial score (nSPS) is 12.4. The molecule has 0 bridgehead atoms. The summed E-state index contributed by atoms with van der Waals surface area (Å²) in [6.07, 6.45) is 3.25. The third-order valence-electron chi connectivity index (χ3n) is 5.35. The molecular formula is C26H21N3O4. The summed E-state index contributed by atoms with van der Waals surface area (Å²) in [7, 11) is 0. The van der Waals surface area contributed by atoms with Crippen molar-refractivity contribution in [2.45, 2.75) is 13.1 Å². The van der Waals surface area contributed by atoms with Crippen LogP contribution < -0.4 is 15.0 Å². The van der Waals surface area contributed by atoms with Crippen LogP contribution in [0.4, 0.5) is 0 Å². The number of para-hydroxylation sites is 1. The lowest BCUT2D eigenvalue weighted by Crippen LogP contribution is -2.30. The Morgan fingerprint density at radius 3 is 2.64 bits per heavy atom. The zero-order chi connectivity index (χ0) is 22.6. The van der Waals surface area contributed by atoms with E-state index in [4.69, 9.17) is 9.47 Å². The highest BCUT2D eigenvalue weighted by Gasteiger charge is 2.16. The largest absolute Gasteiger partial charge is 0.454 e. The Labute approximate surface area is 189 Å². The molecule has 0 unspecified atom stereocenters. The highest BCUT2D eigenvalue weighted by atomic mass is 16.7. The number of ether oxygens (including phenoxy) is 2. The number of fused-ring (bicyclic) bond motifs is 2. The number of rotatable bonds is 6. The minimum Gasteiger partial charge on any atom is -0.454 e. The fourth-order valence-corrected chi connectivity index (χ4v) is 3.70. The molecule has 7 nitrogen and oxygen atoms in total. The maximum absolute atomic E-state index is 13.2. The van der Waals surface area contributed by atoms with Crippen molar-refractivity contribution in [3.05, 3.63) is 106 Å². The van der Waals surface area contributed by atoms with Gasteiger partial charge in [-0.1, -0.05) is 48.5 Å². The second kappa shape index (κ2) is 9.00. The van der Waals surface area contributed by atoms with Crippen LogP contribution in [0, 0.1) is 0 Å². The SMILES string of the molecule is O=C(/C=C/c1ccc2c(c1)OCO2)N(Cc1ccccc1)Cc1nc2ccccc2c(=O)[nH]1. The van der Waals surface area contributed by atoms with Crippen molar-refractivity contribution in [1.29, 1.82) is 0 Å². The van der Waals surface area contributed by atoms with E-state index in [-0.39, 0.29) is 24.8 Å². The van der Waals surface area contributed by atoms with Gasteiger partial charge in [0.05, 0.1) is 17.4 Å². The van der Waals surface area contributed by atoms with Crippen molar-refractivity contribution in [3.63, 3.8) is 0 Å². The zero-order valence-corrected chi connectivity index (χ0v) is 17.7. The molecule has 1 aliphatic heterocycles. The summed E-state index contributed by atoms with van der Waals surface area (Å²) >= 11 is 0. The van der Waals surface area contributed by atoms with Crippen LogP contribution in [0.15, 0.2) is 83.7 Å². The topological polar surface area (TPSA) is 84.5 Å². The van der Waals surface area contributed by atoms with Gasteiger partial charge >= 0.3 is 0 Å². The number of amides is 1. The van der Waals surface area contributed by atoms with Crippen LogP contribution in [0.1, 0.15) is 17.0 Å². The first-order chi connectivity index (χ1) is 16.2. The number of hydrogen-bond acceptors (Lipinski definition) is 5. The summed E-state index contributed by atoms with van der Waals surface area (Å²) in [4.78, 5) is 34.7. The number of aromatic nitrogens is 2. The Bertz CT molecular complexity index is 1400. The molecule has 4 aromatic rings. The average molecular weight is 439 g/mol. The summed E-state index contributed by atoms with van der Waals surface area (Å²) in [6, 6.07) is 22.4. The molecule has 0 aliphatic carbocycles. The summed E-state index contributed by atoms with van der Waals surface area (Å²) < 4.78 is 10.7. The van der Waals surface area contributed by atoms with Crippen LogP contribution in [-0.4, -0.2) is 27.6 Å². The smallest absolute Gasteiger partial charge is 0.258 e. The number of nitrogens with one attached hydrogen (secondary N) is 1. The molecule has 3 aromatic carbocycles. The van der Waals surface area contributed by atoms with E-state index >= 15 is 0 Å². The molecular weight excluding hydrogens is 418 g/mol. The first-order valence-electron chi connectivity index (χ1n) is 10.5. The number of aromatic amines is 1. The van der Waals surface area contributed by atoms with Gasteiger partial charge in [-0.2, -0.15) is 0 Å². The molecule has 5 rings (SSSR count). The first kappa shape index (κ1) is 20.5. The van der Waals surface area contributed by atoms with Gasteiger partial charge in [-0.3, -0.25) is 9.59 Å². The molecule has 1 aromatic heterocycles. The summed E-state index contributed by atoms with van der Waals surface area (Å²) in [5, 5.41) is 0.518. The fraction of sp³-hybridized carbons (Fsp3) is 0.115. The van der Waals surface area contributed by atoms with E-state index in [0.717, 1.165) is 11.1 Å². The lowest BCUT2D eigenvalue weighted by atomic mass is 10.1. The first-order valence-corrected chi connectivity index (χ1v) is 10.5. The van der Waals surface area contributed by atoms with Gasteiger partial charge in [0.15, 0.2) is 11.5 Å². The van der Waals surface area contributed by atoms with Crippen LogP contribution in [0.5, 0.6) is 11.5 Å². The van der Waals surface area contributed by atoms with Gasteiger partial charge in [0.2, 0.25) is 12.7 Å². The molecule has 0 atom stereocenters. The van der Waals surface area contributed by atoms with E-state index in [1.165, 1.54) is 6.08 Å². The highest BCUT2D eigenvalue weighted by molar-refractivity contribution is 5.91. The highest BCUT2D eigenvalue weighted by Crippen LogP contribution is 2.32. The molecule has 2 heterocycles. The molecule has 0 radical (unpaired) electrons. The minimum absolute atomic E-state index is 0.166. The Morgan fingerprint density at radius 1 is 0.970 bits per heavy atom. The van der Waals surface area contributed by atoms with Gasteiger partial charge in [0.1, 0.15) is 5.82 Å². The molecule has 1 N–H and O–H groups in total. The van der Waals surface area contributed by atoms with Crippen LogP contribution in [-0.2, 0) is 17.9 Å². The molecule has 33 heavy (non-hydrogen) atoms. The second-order valence-electron chi connectivity index (χ2n) is 7.66. The van der Waals surface area contributed by atoms with Crippen LogP contribution >= 0.6 is 0 Å². The van der Waals surface area contributed by atoms with Gasteiger partial charge in [-0.05, 0) is 41.5 Å².